The van der Waals surface area contributed by atoms with Gasteiger partial charge in [0.05, 0.1) is 11.6 Å². The van der Waals surface area contributed by atoms with Crippen LogP contribution in [0.3, 0.4) is 0 Å². The van der Waals surface area contributed by atoms with Crippen LogP contribution in [0.1, 0.15) is 23.2 Å². The van der Waals surface area contributed by atoms with Crippen LogP contribution in [-0.4, -0.2) is 29.4 Å². The zero-order valence-corrected chi connectivity index (χ0v) is 11.6. The Balaban J connectivity index is 1.82. The normalized spacial score (nSPS) is 17.3. The fourth-order valence-electron chi connectivity index (χ4n) is 2.43. The third-order valence-electron chi connectivity index (χ3n) is 3.56. The largest absolute Gasteiger partial charge is 0.491 e. The lowest BCUT2D eigenvalue weighted by molar-refractivity contribution is -0.119. The summed E-state index contributed by atoms with van der Waals surface area (Å²) in [5, 5.41) is 5.96. The number of benzene rings is 1. The molecular weight excluding hydrogens is 286 g/mol. The minimum Gasteiger partial charge on any atom is -0.491 e. The maximum Gasteiger partial charge on any atom is 0.316 e. The average molecular weight is 299 g/mol. The van der Waals surface area contributed by atoms with E-state index in [1.165, 1.54) is 12.1 Å². The van der Waals surface area contributed by atoms with Crippen LogP contribution in [0, 0.1) is 4.91 Å². The molecule has 1 aromatic heterocycles. The van der Waals surface area contributed by atoms with Crippen LogP contribution in [0.4, 0.5) is 0 Å². The van der Waals surface area contributed by atoms with Gasteiger partial charge in [0.15, 0.2) is 0 Å². The molecule has 2 amide bonds. The van der Waals surface area contributed by atoms with Crippen molar-refractivity contribution >= 4 is 22.7 Å². The van der Waals surface area contributed by atoms with Crippen LogP contribution in [-0.2, 0) is 4.79 Å². The SMILES string of the molecule is O=NC(=O)c1ccc2c(OC[C@@H]3CCC(=O)N3)ccnc2c1. The number of nitrogens with one attached hydrogen (secondary N) is 1. The lowest BCUT2D eigenvalue weighted by Gasteiger charge is -2.13. The highest BCUT2D eigenvalue weighted by Gasteiger charge is 2.21. The van der Waals surface area contributed by atoms with Gasteiger partial charge in [-0.1, -0.05) is 0 Å². The fourth-order valence-corrected chi connectivity index (χ4v) is 2.43. The standard InChI is InChI=1S/C15H13N3O4/c19-14-4-2-10(17-14)8-22-13-5-6-16-12-7-9(15(20)18-21)1-3-11(12)13/h1,3,5-7,10H,2,4,8H2,(H,17,19)/t10-/m0/s1. The Kier molecular flexibility index (Phi) is 3.78. The van der Waals surface area contributed by atoms with Gasteiger partial charge in [-0.3, -0.25) is 14.6 Å². The molecule has 0 bridgehead atoms. The maximum absolute atomic E-state index is 11.3. The van der Waals surface area contributed by atoms with E-state index in [-0.39, 0.29) is 17.5 Å². The summed E-state index contributed by atoms with van der Waals surface area (Å²) in [4.78, 5) is 36.9. The summed E-state index contributed by atoms with van der Waals surface area (Å²) in [6, 6.07) is 6.42. The van der Waals surface area contributed by atoms with Crippen LogP contribution in [0.25, 0.3) is 10.9 Å². The van der Waals surface area contributed by atoms with Crippen molar-refractivity contribution in [2.24, 2.45) is 5.18 Å². The second kappa shape index (κ2) is 5.88. The molecule has 1 N–H and O–H groups in total. The lowest BCUT2D eigenvalue weighted by Crippen LogP contribution is -2.30. The van der Waals surface area contributed by atoms with Gasteiger partial charge in [0.2, 0.25) is 5.91 Å². The number of carbonyl (C=O) groups excluding carboxylic acids is 2. The molecule has 1 aromatic carbocycles. The fraction of sp³-hybridized carbons (Fsp3) is 0.267. The highest BCUT2D eigenvalue weighted by atomic mass is 16.5. The topological polar surface area (TPSA) is 97.7 Å². The number of nitrogens with zero attached hydrogens (tertiary/aromatic N) is 2. The minimum absolute atomic E-state index is 0.0100. The maximum atomic E-state index is 11.3. The highest BCUT2D eigenvalue weighted by Crippen LogP contribution is 2.25. The number of fused-ring (bicyclic) bond motifs is 1. The second-order valence-corrected chi connectivity index (χ2v) is 5.05. The molecule has 0 aliphatic carbocycles. The molecule has 1 atom stereocenters. The first-order valence-corrected chi connectivity index (χ1v) is 6.86. The number of hydrogen-bond acceptors (Lipinski definition) is 5. The van der Waals surface area contributed by atoms with E-state index in [9.17, 15) is 14.5 Å². The molecule has 0 radical (unpaired) electrons. The Morgan fingerprint density at radius 3 is 3.00 bits per heavy atom. The zero-order chi connectivity index (χ0) is 15.5. The Morgan fingerprint density at radius 2 is 2.27 bits per heavy atom. The predicted octanol–water partition coefficient (Wildman–Crippen LogP) is 1.80. The van der Waals surface area contributed by atoms with Crippen molar-refractivity contribution in [3.05, 3.63) is 40.9 Å². The molecule has 7 heteroatoms. The molecule has 22 heavy (non-hydrogen) atoms. The molecule has 1 saturated heterocycles. The van der Waals surface area contributed by atoms with Crippen molar-refractivity contribution in [2.45, 2.75) is 18.9 Å². The molecular formula is C15H13N3O4. The third kappa shape index (κ3) is 2.78. The molecule has 1 aliphatic rings. The van der Waals surface area contributed by atoms with E-state index in [1.54, 1.807) is 18.3 Å². The summed E-state index contributed by atoms with van der Waals surface area (Å²) in [5.41, 5.74) is 0.734. The number of carbonyl (C=O) groups is 2. The van der Waals surface area contributed by atoms with Crippen LogP contribution >= 0.6 is 0 Å². The van der Waals surface area contributed by atoms with Gasteiger partial charge >= 0.3 is 5.91 Å². The lowest BCUT2D eigenvalue weighted by atomic mass is 10.1. The van der Waals surface area contributed by atoms with Gasteiger partial charge < -0.3 is 10.1 Å². The van der Waals surface area contributed by atoms with Crippen molar-refractivity contribution in [1.29, 1.82) is 0 Å². The van der Waals surface area contributed by atoms with Crippen molar-refractivity contribution < 1.29 is 14.3 Å². The summed E-state index contributed by atoms with van der Waals surface area (Å²) >= 11 is 0. The van der Waals surface area contributed by atoms with Gasteiger partial charge in [-0.25, -0.2) is 0 Å². The summed E-state index contributed by atoms with van der Waals surface area (Å²) in [7, 11) is 0. The molecule has 0 spiro atoms. The number of hydrogen-bond donors (Lipinski definition) is 1. The molecule has 0 unspecified atom stereocenters. The summed E-state index contributed by atoms with van der Waals surface area (Å²) in [6.07, 6.45) is 2.84. The van der Waals surface area contributed by atoms with E-state index >= 15 is 0 Å². The highest BCUT2D eigenvalue weighted by molar-refractivity contribution is 5.99. The Hall–Kier alpha value is -2.83. The molecule has 1 aliphatic heterocycles. The molecule has 1 fully saturated rings. The van der Waals surface area contributed by atoms with Gasteiger partial charge in [-0.05, 0) is 30.7 Å². The Bertz CT molecular complexity index is 760. The first kappa shape index (κ1) is 14.1. The first-order chi connectivity index (χ1) is 10.7. The molecule has 0 saturated carbocycles. The van der Waals surface area contributed by atoms with Gasteiger partial charge in [-0.15, -0.1) is 4.91 Å². The molecule has 7 nitrogen and oxygen atoms in total. The van der Waals surface area contributed by atoms with E-state index in [2.05, 4.69) is 15.5 Å². The van der Waals surface area contributed by atoms with E-state index in [4.69, 9.17) is 4.74 Å². The quantitative estimate of drug-likeness (QED) is 0.868. The van der Waals surface area contributed by atoms with E-state index in [0.717, 1.165) is 11.8 Å². The van der Waals surface area contributed by atoms with Crippen molar-refractivity contribution in [3.63, 3.8) is 0 Å². The van der Waals surface area contributed by atoms with E-state index in [0.29, 0.717) is 24.3 Å². The van der Waals surface area contributed by atoms with Gasteiger partial charge in [0.1, 0.15) is 12.4 Å². The van der Waals surface area contributed by atoms with E-state index < -0.39 is 5.91 Å². The van der Waals surface area contributed by atoms with Crippen LogP contribution in [0.5, 0.6) is 5.75 Å². The smallest absolute Gasteiger partial charge is 0.316 e. The monoisotopic (exact) mass is 299 g/mol. The van der Waals surface area contributed by atoms with E-state index in [1.807, 2.05) is 0 Å². The number of amides is 2. The molecule has 2 heterocycles. The van der Waals surface area contributed by atoms with Crippen LogP contribution < -0.4 is 10.1 Å². The number of nitroso groups, excluding NO2 is 1. The van der Waals surface area contributed by atoms with Gasteiger partial charge in [0.25, 0.3) is 0 Å². The van der Waals surface area contributed by atoms with Crippen molar-refractivity contribution in [1.82, 2.24) is 10.3 Å². The number of rotatable bonds is 4. The van der Waals surface area contributed by atoms with Crippen LogP contribution in [0.15, 0.2) is 35.6 Å². The first-order valence-electron chi connectivity index (χ1n) is 6.86. The van der Waals surface area contributed by atoms with Gasteiger partial charge in [0, 0.05) is 28.7 Å². The zero-order valence-electron chi connectivity index (χ0n) is 11.6. The van der Waals surface area contributed by atoms with Crippen molar-refractivity contribution in [3.8, 4) is 5.75 Å². The Labute approximate surface area is 125 Å². The summed E-state index contributed by atoms with van der Waals surface area (Å²) in [5.74, 6) is -0.175. The molecule has 3 rings (SSSR count). The second-order valence-electron chi connectivity index (χ2n) is 5.05. The minimum atomic E-state index is -0.830. The number of pyridine rings is 1. The molecule has 2 aromatic rings. The summed E-state index contributed by atoms with van der Waals surface area (Å²) in [6.45, 7) is 0.376. The Morgan fingerprint density at radius 1 is 1.41 bits per heavy atom. The number of ether oxygens (including phenoxy) is 1. The van der Waals surface area contributed by atoms with Gasteiger partial charge in [-0.2, -0.15) is 0 Å². The van der Waals surface area contributed by atoms with Crippen molar-refractivity contribution in [2.75, 3.05) is 6.61 Å². The number of aromatic nitrogens is 1. The average Bonchev–Trinajstić information content (AvgIpc) is 2.97. The predicted molar refractivity (Wildman–Crippen MR) is 78.5 cm³/mol. The third-order valence-corrected chi connectivity index (χ3v) is 3.56. The molecule has 112 valence electrons. The van der Waals surface area contributed by atoms with Crippen LogP contribution in [0.2, 0.25) is 0 Å². The summed E-state index contributed by atoms with van der Waals surface area (Å²) < 4.78 is 5.75.